The minimum atomic E-state index is 0.321. The number of nitrogens with zero attached hydrogens (tertiary/aromatic N) is 1. The van der Waals surface area contributed by atoms with Crippen molar-refractivity contribution in [2.24, 2.45) is 11.1 Å². The van der Waals surface area contributed by atoms with Crippen LogP contribution in [0.15, 0.2) is 0 Å². The van der Waals surface area contributed by atoms with Gasteiger partial charge in [0.15, 0.2) is 0 Å². The highest BCUT2D eigenvalue weighted by Gasteiger charge is 2.44. The van der Waals surface area contributed by atoms with Crippen LogP contribution in [0.3, 0.4) is 0 Å². The molecule has 1 aliphatic carbocycles. The van der Waals surface area contributed by atoms with Crippen LogP contribution in [0, 0.1) is 5.41 Å². The predicted octanol–water partition coefficient (Wildman–Crippen LogP) is 1.43. The van der Waals surface area contributed by atoms with Crippen molar-refractivity contribution in [2.75, 3.05) is 40.5 Å². The molecule has 1 atom stereocenters. The van der Waals surface area contributed by atoms with Crippen LogP contribution in [0.4, 0.5) is 0 Å². The maximum absolute atomic E-state index is 5.69. The fourth-order valence-corrected chi connectivity index (χ4v) is 2.68. The Morgan fingerprint density at radius 1 is 1.39 bits per heavy atom. The van der Waals surface area contributed by atoms with Crippen LogP contribution in [-0.2, 0) is 9.47 Å². The van der Waals surface area contributed by atoms with E-state index in [2.05, 4.69) is 11.8 Å². The van der Waals surface area contributed by atoms with Crippen molar-refractivity contribution >= 4 is 17.2 Å². The topological polar surface area (TPSA) is 47.7 Å². The number of hydrogen-bond donors (Lipinski definition) is 1. The molecule has 2 N–H and O–H groups in total. The van der Waals surface area contributed by atoms with Gasteiger partial charge in [-0.25, -0.2) is 0 Å². The van der Waals surface area contributed by atoms with Gasteiger partial charge in [-0.05, 0) is 25.2 Å². The molecule has 0 aromatic rings. The van der Waals surface area contributed by atoms with E-state index in [9.17, 15) is 0 Å². The Kier molecular flexibility index (Phi) is 6.49. The lowest BCUT2D eigenvalue weighted by Crippen LogP contribution is -2.42. The first-order valence-corrected chi connectivity index (χ1v) is 6.94. The average molecular weight is 274 g/mol. The van der Waals surface area contributed by atoms with E-state index in [0.29, 0.717) is 16.4 Å². The molecule has 18 heavy (non-hydrogen) atoms. The van der Waals surface area contributed by atoms with Gasteiger partial charge in [0.2, 0.25) is 0 Å². The van der Waals surface area contributed by atoms with E-state index < -0.39 is 0 Å². The van der Waals surface area contributed by atoms with E-state index in [1.807, 2.05) is 0 Å². The molecule has 0 heterocycles. The maximum atomic E-state index is 5.69. The monoisotopic (exact) mass is 274 g/mol. The normalized spacial score (nSPS) is 18.9. The summed E-state index contributed by atoms with van der Waals surface area (Å²) in [6.07, 6.45) is 3.33. The van der Waals surface area contributed by atoms with Crippen LogP contribution in [0.5, 0.6) is 0 Å². The fraction of sp³-hybridized carbons (Fsp3) is 0.923. The second kappa shape index (κ2) is 7.38. The number of rotatable bonds is 10. The predicted molar refractivity (Wildman–Crippen MR) is 77.9 cm³/mol. The number of hydrogen-bond acceptors (Lipinski definition) is 4. The van der Waals surface area contributed by atoms with Crippen molar-refractivity contribution in [1.82, 2.24) is 4.90 Å². The fourth-order valence-electron chi connectivity index (χ4n) is 2.38. The molecule has 0 radical (unpaired) electrons. The summed E-state index contributed by atoms with van der Waals surface area (Å²) in [5, 5.41) is 0. The zero-order valence-corrected chi connectivity index (χ0v) is 12.6. The van der Waals surface area contributed by atoms with Gasteiger partial charge >= 0.3 is 0 Å². The van der Waals surface area contributed by atoms with Gasteiger partial charge in [-0.1, -0.05) is 12.2 Å². The van der Waals surface area contributed by atoms with Crippen LogP contribution >= 0.6 is 12.2 Å². The molecular formula is C13H26N2O2S. The second-order valence-corrected chi connectivity index (χ2v) is 5.94. The standard InChI is InChI=1S/C13H26N2O2S/c1-11(9-17-3)15(6-7-16-2)10-13(4-5-13)8-12(14)18/h11H,4-10H2,1-3H3,(H2,14,18). The van der Waals surface area contributed by atoms with E-state index in [-0.39, 0.29) is 0 Å². The maximum Gasteiger partial charge on any atom is 0.0733 e. The third-order valence-electron chi connectivity index (χ3n) is 3.66. The van der Waals surface area contributed by atoms with Crippen LogP contribution in [0.1, 0.15) is 26.2 Å². The van der Waals surface area contributed by atoms with Crippen LogP contribution < -0.4 is 5.73 Å². The van der Waals surface area contributed by atoms with Crippen molar-refractivity contribution in [3.8, 4) is 0 Å². The zero-order valence-electron chi connectivity index (χ0n) is 11.8. The van der Waals surface area contributed by atoms with E-state index >= 15 is 0 Å². The van der Waals surface area contributed by atoms with Gasteiger partial charge in [0.05, 0.1) is 18.2 Å². The SMILES string of the molecule is COCCN(CC1(CC(N)=S)CC1)C(C)COC. The minimum absolute atomic E-state index is 0.321. The van der Waals surface area contributed by atoms with Crippen molar-refractivity contribution in [2.45, 2.75) is 32.2 Å². The molecule has 0 aliphatic heterocycles. The summed E-state index contributed by atoms with van der Waals surface area (Å²) < 4.78 is 10.4. The van der Waals surface area contributed by atoms with E-state index in [1.54, 1.807) is 14.2 Å². The molecule has 0 aromatic heterocycles. The summed E-state index contributed by atoms with van der Waals surface area (Å²) >= 11 is 5.05. The highest BCUT2D eigenvalue weighted by molar-refractivity contribution is 7.80. The Bertz CT molecular complexity index is 270. The highest BCUT2D eigenvalue weighted by atomic mass is 32.1. The summed E-state index contributed by atoms with van der Waals surface area (Å²) in [4.78, 5) is 3.07. The molecule has 0 spiro atoms. The Hall–Kier alpha value is -0.230. The van der Waals surface area contributed by atoms with Crippen molar-refractivity contribution in [3.05, 3.63) is 0 Å². The molecule has 1 saturated carbocycles. The summed E-state index contributed by atoms with van der Waals surface area (Å²) in [5.74, 6) is 0. The first-order valence-electron chi connectivity index (χ1n) is 6.53. The van der Waals surface area contributed by atoms with Gasteiger partial charge in [-0.3, -0.25) is 4.90 Å². The van der Waals surface area contributed by atoms with Crippen molar-refractivity contribution in [3.63, 3.8) is 0 Å². The molecule has 1 fully saturated rings. The van der Waals surface area contributed by atoms with E-state index in [1.165, 1.54) is 12.8 Å². The molecule has 0 bridgehead atoms. The van der Waals surface area contributed by atoms with Gasteiger partial charge in [-0.15, -0.1) is 0 Å². The molecule has 4 nitrogen and oxygen atoms in total. The first kappa shape index (κ1) is 15.8. The largest absolute Gasteiger partial charge is 0.393 e. The number of methoxy groups -OCH3 is 2. The first-order chi connectivity index (χ1) is 8.53. The van der Waals surface area contributed by atoms with Crippen LogP contribution in [-0.4, -0.2) is 56.5 Å². The second-order valence-electron chi connectivity index (χ2n) is 5.41. The van der Waals surface area contributed by atoms with Gasteiger partial charge < -0.3 is 15.2 Å². The van der Waals surface area contributed by atoms with Crippen molar-refractivity contribution in [1.29, 1.82) is 0 Å². The molecular weight excluding hydrogens is 248 g/mol. The lowest BCUT2D eigenvalue weighted by Gasteiger charge is -2.32. The molecule has 106 valence electrons. The molecule has 1 aliphatic rings. The molecule has 1 rings (SSSR count). The summed E-state index contributed by atoms with van der Waals surface area (Å²) in [7, 11) is 3.48. The molecule has 0 aromatic carbocycles. The Morgan fingerprint density at radius 2 is 2.06 bits per heavy atom. The minimum Gasteiger partial charge on any atom is -0.393 e. The number of nitrogens with two attached hydrogens (primary N) is 1. The smallest absolute Gasteiger partial charge is 0.0733 e. The molecule has 5 heteroatoms. The summed E-state index contributed by atoms with van der Waals surface area (Å²) in [5.41, 5.74) is 6.01. The lowest BCUT2D eigenvalue weighted by atomic mass is 10.0. The van der Waals surface area contributed by atoms with Gasteiger partial charge in [0, 0.05) is 39.8 Å². The summed E-state index contributed by atoms with van der Waals surface area (Å²) in [6, 6.07) is 0.397. The molecule has 1 unspecified atom stereocenters. The van der Waals surface area contributed by atoms with E-state index in [0.717, 1.165) is 32.7 Å². The lowest BCUT2D eigenvalue weighted by molar-refractivity contribution is 0.0625. The van der Waals surface area contributed by atoms with Crippen molar-refractivity contribution < 1.29 is 9.47 Å². The quantitative estimate of drug-likeness (QED) is 0.611. The van der Waals surface area contributed by atoms with Gasteiger partial charge in [-0.2, -0.15) is 0 Å². The number of thiocarbonyl (C=S) groups is 1. The van der Waals surface area contributed by atoms with E-state index in [4.69, 9.17) is 27.4 Å². The highest BCUT2D eigenvalue weighted by Crippen LogP contribution is 2.49. The van der Waals surface area contributed by atoms with Gasteiger partial charge in [0.25, 0.3) is 0 Å². The zero-order chi connectivity index (χ0) is 13.6. The third kappa shape index (κ3) is 5.18. The third-order valence-corrected chi connectivity index (χ3v) is 3.80. The molecule has 0 saturated heterocycles. The Morgan fingerprint density at radius 3 is 2.50 bits per heavy atom. The van der Waals surface area contributed by atoms with Crippen LogP contribution in [0.2, 0.25) is 0 Å². The average Bonchev–Trinajstić information content (AvgIpc) is 3.03. The Balaban J connectivity index is 2.51. The summed E-state index contributed by atoms with van der Waals surface area (Å²) in [6.45, 7) is 5.65. The number of ether oxygens (including phenoxy) is 2. The molecule has 0 amide bonds. The Labute approximate surface area is 116 Å². The van der Waals surface area contributed by atoms with Gasteiger partial charge in [0.1, 0.15) is 0 Å². The van der Waals surface area contributed by atoms with Crippen LogP contribution in [0.25, 0.3) is 0 Å².